The Morgan fingerprint density at radius 2 is 2.20 bits per heavy atom. The molecule has 0 saturated heterocycles. The molecule has 15 heavy (non-hydrogen) atoms. The van der Waals surface area contributed by atoms with Crippen molar-refractivity contribution in [3.63, 3.8) is 0 Å². The Morgan fingerprint density at radius 3 is 2.80 bits per heavy atom. The quantitative estimate of drug-likeness (QED) is 0.593. The first-order valence-electron chi connectivity index (χ1n) is 4.65. The number of aliphatic hydroxyl groups is 1. The molecular weight excluding hydrogens is 198 g/mol. The number of aliphatic carboxylic acids is 1. The van der Waals surface area contributed by atoms with Crippen molar-refractivity contribution in [1.29, 1.82) is 0 Å². The summed E-state index contributed by atoms with van der Waals surface area (Å²) in [5.41, 5.74) is 0.631. The summed E-state index contributed by atoms with van der Waals surface area (Å²) in [5, 5.41) is 28.4. The first kappa shape index (κ1) is 11.5. The molecule has 0 aliphatic heterocycles. The summed E-state index contributed by atoms with van der Waals surface area (Å²) in [5.74, 6) is -1.01. The third-order valence-electron chi connectivity index (χ3n) is 2.05. The van der Waals surface area contributed by atoms with Crippen LogP contribution in [-0.4, -0.2) is 16.2 Å². The maximum atomic E-state index is 10.2. The van der Waals surface area contributed by atoms with Gasteiger partial charge in [0.1, 0.15) is 13.2 Å². The molecule has 0 radical (unpaired) electrons. The van der Waals surface area contributed by atoms with Gasteiger partial charge < -0.3 is 20.1 Å². The average molecular weight is 211 g/mol. The van der Waals surface area contributed by atoms with E-state index in [9.17, 15) is 15.0 Å². The maximum absolute atomic E-state index is 10.2. The minimum Gasteiger partial charge on any atom is -0.550 e. The minimum atomic E-state index is -1.10. The molecule has 1 heterocycles. The van der Waals surface area contributed by atoms with Crippen LogP contribution in [0.1, 0.15) is 18.5 Å². The van der Waals surface area contributed by atoms with Crippen molar-refractivity contribution in [2.45, 2.75) is 26.0 Å². The van der Waals surface area contributed by atoms with Crippen molar-refractivity contribution in [3.8, 4) is 5.75 Å². The van der Waals surface area contributed by atoms with Crippen LogP contribution in [0.3, 0.4) is 0 Å². The van der Waals surface area contributed by atoms with E-state index in [1.165, 1.54) is 12.3 Å². The van der Waals surface area contributed by atoms with Gasteiger partial charge in [0, 0.05) is 18.5 Å². The van der Waals surface area contributed by atoms with Gasteiger partial charge in [0.15, 0.2) is 5.75 Å². The van der Waals surface area contributed by atoms with Crippen molar-refractivity contribution in [2.75, 3.05) is 0 Å². The van der Waals surface area contributed by atoms with Crippen LogP contribution < -0.4 is 9.67 Å². The predicted molar refractivity (Wildman–Crippen MR) is 48.5 cm³/mol. The molecule has 5 heteroatoms. The minimum absolute atomic E-state index is 0.0342. The highest BCUT2D eigenvalue weighted by molar-refractivity contribution is 5.63. The van der Waals surface area contributed by atoms with Gasteiger partial charge in [-0.25, -0.2) is 0 Å². The Hall–Kier alpha value is -1.62. The van der Waals surface area contributed by atoms with Gasteiger partial charge in [-0.2, -0.15) is 4.57 Å². The van der Waals surface area contributed by atoms with Crippen molar-refractivity contribution in [1.82, 2.24) is 0 Å². The Balaban J connectivity index is 2.65. The first-order chi connectivity index (χ1) is 7.13. The molecule has 1 aromatic rings. The number of nitrogens with zero attached hydrogens (tertiary/aromatic N) is 1. The van der Waals surface area contributed by atoms with Crippen LogP contribution in [-0.2, 0) is 17.9 Å². The number of carboxylic acids is 1. The molecule has 0 amide bonds. The normalized spacial score (nSPS) is 10.2. The Morgan fingerprint density at radius 1 is 1.47 bits per heavy atom. The largest absolute Gasteiger partial charge is 0.550 e. The fraction of sp³-hybridized carbons (Fsp3) is 0.400. The number of carbonyl (C=O) groups excluding carboxylic acids is 1. The van der Waals surface area contributed by atoms with Crippen LogP contribution in [0.15, 0.2) is 18.3 Å². The summed E-state index contributed by atoms with van der Waals surface area (Å²) < 4.78 is 1.62. The lowest BCUT2D eigenvalue weighted by Gasteiger charge is -2.03. The van der Waals surface area contributed by atoms with Gasteiger partial charge >= 0.3 is 0 Å². The van der Waals surface area contributed by atoms with Crippen LogP contribution in [0, 0.1) is 0 Å². The molecule has 2 N–H and O–H groups in total. The molecule has 0 aromatic carbocycles. The van der Waals surface area contributed by atoms with Crippen LogP contribution in [0.25, 0.3) is 0 Å². The number of aryl methyl sites for hydroxylation is 1. The van der Waals surface area contributed by atoms with Crippen LogP contribution in [0.4, 0.5) is 0 Å². The third-order valence-corrected chi connectivity index (χ3v) is 2.05. The third kappa shape index (κ3) is 3.55. The number of aromatic nitrogens is 1. The number of rotatable bonds is 5. The second-order valence-corrected chi connectivity index (χ2v) is 3.21. The molecular formula is C10H13NO4. The summed E-state index contributed by atoms with van der Waals surface area (Å²) in [6.07, 6.45) is 1.83. The molecule has 0 atom stereocenters. The van der Waals surface area contributed by atoms with Crippen molar-refractivity contribution in [2.24, 2.45) is 0 Å². The molecule has 0 unspecified atom stereocenters. The van der Waals surface area contributed by atoms with Gasteiger partial charge in [-0.05, 0) is 12.5 Å². The Labute approximate surface area is 87.2 Å². The van der Waals surface area contributed by atoms with E-state index < -0.39 is 5.97 Å². The number of carbonyl (C=O) groups is 1. The first-order valence-corrected chi connectivity index (χ1v) is 4.65. The number of aliphatic hydroxyl groups excluding tert-OH is 1. The molecule has 5 nitrogen and oxygen atoms in total. The number of pyridine rings is 1. The zero-order chi connectivity index (χ0) is 11.3. The molecule has 1 rings (SSSR count). The standard InChI is InChI=1S/C10H13NO4/c12-7-8-3-4-9(13)6-11(8)5-1-2-10(14)15/h3-4,6,12H,1-2,5,7H2,(H-,13,14,15). The molecule has 1 aromatic heterocycles. The molecule has 0 spiro atoms. The average Bonchev–Trinajstić information content (AvgIpc) is 2.17. The fourth-order valence-corrected chi connectivity index (χ4v) is 1.31. The lowest BCUT2D eigenvalue weighted by Crippen LogP contribution is -2.38. The zero-order valence-corrected chi connectivity index (χ0v) is 8.22. The zero-order valence-electron chi connectivity index (χ0n) is 8.22. The van der Waals surface area contributed by atoms with Crippen molar-refractivity contribution < 1.29 is 24.7 Å². The summed E-state index contributed by atoms with van der Waals surface area (Å²) in [6.45, 7) is 0.282. The Bertz CT molecular complexity index is 351. The number of aromatic hydroxyl groups is 1. The molecule has 0 fully saturated rings. The summed E-state index contributed by atoms with van der Waals surface area (Å²) >= 11 is 0. The summed E-state index contributed by atoms with van der Waals surface area (Å²) in [7, 11) is 0. The van der Waals surface area contributed by atoms with E-state index in [-0.39, 0.29) is 18.8 Å². The second-order valence-electron chi connectivity index (χ2n) is 3.21. The van der Waals surface area contributed by atoms with Gasteiger partial charge in [-0.3, -0.25) is 0 Å². The van der Waals surface area contributed by atoms with Crippen molar-refractivity contribution in [3.05, 3.63) is 24.0 Å². The van der Waals surface area contributed by atoms with E-state index in [0.717, 1.165) is 0 Å². The Kier molecular flexibility index (Phi) is 4.05. The molecule has 0 bridgehead atoms. The monoisotopic (exact) mass is 211 g/mol. The van der Waals surface area contributed by atoms with E-state index in [1.807, 2.05) is 0 Å². The van der Waals surface area contributed by atoms with E-state index in [2.05, 4.69) is 0 Å². The highest BCUT2D eigenvalue weighted by atomic mass is 16.4. The smallest absolute Gasteiger partial charge is 0.211 e. The van der Waals surface area contributed by atoms with E-state index >= 15 is 0 Å². The van der Waals surface area contributed by atoms with Crippen molar-refractivity contribution >= 4 is 5.97 Å². The highest BCUT2D eigenvalue weighted by Crippen LogP contribution is 2.05. The van der Waals surface area contributed by atoms with Crippen LogP contribution in [0.5, 0.6) is 5.75 Å². The van der Waals surface area contributed by atoms with E-state index in [1.54, 1.807) is 10.6 Å². The lowest BCUT2D eigenvalue weighted by atomic mass is 10.2. The van der Waals surface area contributed by atoms with Gasteiger partial charge in [-0.15, -0.1) is 0 Å². The molecule has 0 aliphatic carbocycles. The molecule has 0 saturated carbocycles. The maximum Gasteiger partial charge on any atom is 0.211 e. The fourth-order valence-electron chi connectivity index (χ4n) is 1.31. The number of hydrogen-bond donors (Lipinski definition) is 2. The highest BCUT2D eigenvalue weighted by Gasteiger charge is 2.10. The topological polar surface area (TPSA) is 84.5 Å². The lowest BCUT2D eigenvalue weighted by molar-refractivity contribution is -0.706. The molecule has 82 valence electrons. The number of carboxylic acid groups (broad SMARTS) is 1. The number of hydrogen-bond acceptors (Lipinski definition) is 4. The van der Waals surface area contributed by atoms with Gasteiger partial charge in [0.2, 0.25) is 11.9 Å². The SMILES string of the molecule is O=C([O-])CCC[n+]1cc(O)ccc1CO. The van der Waals surface area contributed by atoms with Crippen LogP contribution in [0.2, 0.25) is 0 Å². The molecule has 0 aliphatic rings. The second kappa shape index (κ2) is 5.31. The van der Waals surface area contributed by atoms with E-state index in [4.69, 9.17) is 5.11 Å². The van der Waals surface area contributed by atoms with Crippen LogP contribution >= 0.6 is 0 Å². The van der Waals surface area contributed by atoms with E-state index in [0.29, 0.717) is 18.7 Å². The van der Waals surface area contributed by atoms with Gasteiger partial charge in [-0.1, -0.05) is 0 Å². The van der Waals surface area contributed by atoms with Gasteiger partial charge in [0.25, 0.3) is 0 Å². The van der Waals surface area contributed by atoms with Gasteiger partial charge in [0.05, 0.1) is 0 Å². The summed E-state index contributed by atoms with van der Waals surface area (Å²) in [4.78, 5) is 10.2. The summed E-state index contributed by atoms with van der Waals surface area (Å²) in [6, 6.07) is 3.06. The predicted octanol–water partition coefficient (Wildman–Crippen LogP) is -1.30.